The van der Waals surface area contributed by atoms with Crippen LogP contribution in [0, 0.1) is 0 Å². The van der Waals surface area contributed by atoms with Gasteiger partial charge in [0, 0.05) is 23.1 Å². The molecule has 0 aliphatic heterocycles. The number of aliphatic hydroxyl groups is 1. The maximum absolute atomic E-state index is 11.9. The number of nitrogens with one attached hydrogen (secondary N) is 1. The first-order valence-corrected chi connectivity index (χ1v) is 7.11. The summed E-state index contributed by atoms with van der Waals surface area (Å²) in [4.78, 5) is 15.6. The number of allylic oxidation sites excluding steroid dienone is 1. The molecule has 0 saturated heterocycles. The second-order valence-electron chi connectivity index (χ2n) is 4.84. The maximum Gasteiger partial charge on any atom is 0.226 e. The topological polar surface area (TPSA) is 92.0 Å². The van der Waals surface area contributed by atoms with Gasteiger partial charge in [-0.3, -0.25) is 9.89 Å². The molecule has 0 bridgehead atoms. The third-order valence-corrected chi connectivity index (χ3v) is 3.49. The Morgan fingerprint density at radius 3 is 2.78 bits per heavy atom. The highest BCUT2D eigenvalue weighted by molar-refractivity contribution is 6.30. The summed E-state index contributed by atoms with van der Waals surface area (Å²) in [5, 5.41) is 16.9. The van der Waals surface area contributed by atoms with E-state index < -0.39 is 5.78 Å². The predicted octanol–water partition coefficient (Wildman–Crippen LogP) is 3.42. The Bertz CT molecular complexity index is 836. The maximum atomic E-state index is 11.9. The number of hydrogen-bond acceptors (Lipinski definition) is 5. The quantitative estimate of drug-likeness (QED) is 0.425. The monoisotopic (exact) mass is 329 g/mol. The lowest BCUT2D eigenvalue weighted by Crippen LogP contribution is -2.00. The first-order valence-electron chi connectivity index (χ1n) is 6.73. The molecule has 23 heavy (non-hydrogen) atoms. The van der Waals surface area contributed by atoms with Crippen molar-refractivity contribution in [1.29, 1.82) is 0 Å². The highest BCUT2D eigenvalue weighted by atomic mass is 35.5. The molecule has 0 aliphatic rings. The molecule has 7 heteroatoms. The molecule has 6 nitrogen and oxygen atoms in total. The van der Waals surface area contributed by atoms with Crippen LogP contribution in [0.3, 0.4) is 0 Å². The van der Waals surface area contributed by atoms with E-state index in [1.54, 1.807) is 12.1 Å². The van der Waals surface area contributed by atoms with E-state index in [2.05, 4.69) is 15.2 Å². The SMILES string of the molecule is O=C(C=C(O)c1cocc1Cc1ccc(Cl)cc1)c1ncn[nH]1. The van der Waals surface area contributed by atoms with Gasteiger partial charge in [0.05, 0.1) is 11.8 Å². The molecule has 2 aromatic heterocycles. The van der Waals surface area contributed by atoms with E-state index in [1.807, 2.05) is 12.1 Å². The van der Waals surface area contributed by atoms with Crippen LogP contribution in [0.15, 0.2) is 53.6 Å². The first kappa shape index (κ1) is 15.1. The fraction of sp³-hybridized carbons (Fsp3) is 0.0625. The molecular formula is C16H12ClN3O3. The van der Waals surface area contributed by atoms with Crippen LogP contribution in [0.1, 0.15) is 27.3 Å². The van der Waals surface area contributed by atoms with Gasteiger partial charge in [0.15, 0.2) is 5.82 Å². The summed E-state index contributed by atoms with van der Waals surface area (Å²) < 4.78 is 5.16. The molecule has 0 radical (unpaired) electrons. The number of benzene rings is 1. The zero-order chi connectivity index (χ0) is 16.2. The van der Waals surface area contributed by atoms with E-state index in [0.717, 1.165) is 17.2 Å². The molecule has 3 aromatic rings. The molecule has 0 unspecified atom stereocenters. The largest absolute Gasteiger partial charge is 0.507 e. The van der Waals surface area contributed by atoms with Crippen LogP contribution in [-0.4, -0.2) is 26.1 Å². The van der Waals surface area contributed by atoms with Gasteiger partial charge in [0.1, 0.15) is 18.3 Å². The minimum atomic E-state index is -0.473. The Morgan fingerprint density at radius 1 is 1.30 bits per heavy atom. The fourth-order valence-electron chi connectivity index (χ4n) is 2.10. The van der Waals surface area contributed by atoms with Gasteiger partial charge in [0.2, 0.25) is 5.78 Å². The molecule has 0 fully saturated rings. The molecule has 0 saturated carbocycles. The highest BCUT2D eigenvalue weighted by Gasteiger charge is 2.14. The van der Waals surface area contributed by atoms with Gasteiger partial charge >= 0.3 is 0 Å². The van der Waals surface area contributed by atoms with E-state index in [9.17, 15) is 9.90 Å². The number of carbonyl (C=O) groups is 1. The van der Waals surface area contributed by atoms with Crippen molar-refractivity contribution in [3.63, 3.8) is 0 Å². The van der Waals surface area contributed by atoms with Gasteiger partial charge < -0.3 is 9.52 Å². The number of rotatable bonds is 5. The van der Waals surface area contributed by atoms with Crippen LogP contribution >= 0.6 is 11.6 Å². The van der Waals surface area contributed by atoms with Crippen molar-refractivity contribution in [3.8, 4) is 0 Å². The van der Waals surface area contributed by atoms with Gasteiger partial charge in [-0.05, 0) is 17.7 Å². The molecule has 0 amide bonds. The van der Waals surface area contributed by atoms with E-state index in [1.165, 1.54) is 18.9 Å². The highest BCUT2D eigenvalue weighted by Crippen LogP contribution is 2.22. The van der Waals surface area contributed by atoms with Crippen LogP contribution in [0.25, 0.3) is 5.76 Å². The van der Waals surface area contributed by atoms with Crippen molar-refractivity contribution in [2.45, 2.75) is 6.42 Å². The Kier molecular flexibility index (Phi) is 4.25. The van der Waals surface area contributed by atoms with Gasteiger partial charge in [-0.1, -0.05) is 23.7 Å². The standard InChI is InChI=1S/C16H12ClN3O3/c17-12-3-1-10(2-4-12)5-11-7-23-8-13(11)14(21)6-15(22)16-18-9-19-20-16/h1-4,6-9,21H,5H2,(H,18,19,20). The Morgan fingerprint density at radius 2 is 2.09 bits per heavy atom. The van der Waals surface area contributed by atoms with Gasteiger partial charge in [-0.25, -0.2) is 4.98 Å². The second-order valence-corrected chi connectivity index (χ2v) is 5.28. The number of aromatic nitrogens is 3. The molecule has 2 heterocycles. The lowest BCUT2D eigenvalue weighted by molar-refractivity contribution is 0.103. The van der Waals surface area contributed by atoms with E-state index in [4.69, 9.17) is 16.0 Å². The summed E-state index contributed by atoms with van der Waals surface area (Å²) in [6.45, 7) is 0. The lowest BCUT2D eigenvalue weighted by Gasteiger charge is -2.03. The number of ketones is 1. The zero-order valence-corrected chi connectivity index (χ0v) is 12.6. The van der Waals surface area contributed by atoms with Crippen molar-refractivity contribution in [1.82, 2.24) is 15.2 Å². The molecule has 0 atom stereocenters. The molecule has 3 rings (SSSR count). The average molecular weight is 330 g/mol. The number of furan rings is 1. The fourth-order valence-corrected chi connectivity index (χ4v) is 2.23. The second kappa shape index (κ2) is 6.50. The van der Waals surface area contributed by atoms with E-state index >= 15 is 0 Å². The molecule has 0 aliphatic carbocycles. The third kappa shape index (κ3) is 3.49. The van der Waals surface area contributed by atoms with Gasteiger partial charge in [-0.15, -0.1) is 0 Å². The van der Waals surface area contributed by atoms with Gasteiger partial charge in [-0.2, -0.15) is 5.10 Å². The summed E-state index contributed by atoms with van der Waals surface area (Å²) >= 11 is 5.86. The summed E-state index contributed by atoms with van der Waals surface area (Å²) in [5.74, 6) is -0.609. The van der Waals surface area contributed by atoms with Crippen molar-refractivity contribution >= 4 is 23.1 Å². The molecular weight excluding hydrogens is 318 g/mol. The normalized spacial score (nSPS) is 11.6. The van der Waals surface area contributed by atoms with Crippen LogP contribution in [0.4, 0.5) is 0 Å². The zero-order valence-electron chi connectivity index (χ0n) is 11.9. The Balaban J connectivity index is 1.82. The number of H-pyrrole nitrogens is 1. The minimum absolute atomic E-state index is 0.0549. The van der Waals surface area contributed by atoms with Crippen molar-refractivity contribution in [3.05, 3.63) is 76.7 Å². The van der Waals surface area contributed by atoms with E-state index in [-0.39, 0.29) is 11.6 Å². The number of aliphatic hydroxyl groups excluding tert-OH is 1. The number of hydrogen-bond donors (Lipinski definition) is 2. The third-order valence-electron chi connectivity index (χ3n) is 3.24. The van der Waals surface area contributed by atoms with Crippen LogP contribution in [-0.2, 0) is 6.42 Å². The summed E-state index contributed by atoms with van der Waals surface area (Å²) in [5.41, 5.74) is 2.21. The molecule has 0 spiro atoms. The number of carbonyl (C=O) groups excluding carboxylic acids is 1. The van der Waals surface area contributed by atoms with E-state index in [0.29, 0.717) is 17.0 Å². The Hall–Kier alpha value is -2.86. The number of nitrogens with zero attached hydrogens (tertiary/aromatic N) is 2. The van der Waals surface area contributed by atoms with Crippen LogP contribution in [0.5, 0.6) is 0 Å². The van der Waals surface area contributed by atoms with Crippen molar-refractivity contribution < 1.29 is 14.3 Å². The smallest absolute Gasteiger partial charge is 0.226 e. The lowest BCUT2D eigenvalue weighted by atomic mass is 10.0. The molecule has 2 N–H and O–H groups in total. The predicted molar refractivity (Wildman–Crippen MR) is 84.3 cm³/mol. The molecule has 116 valence electrons. The van der Waals surface area contributed by atoms with Crippen LogP contribution < -0.4 is 0 Å². The summed E-state index contributed by atoms with van der Waals surface area (Å²) in [7, 11) is 0. The van der Waals surface area contributed by atoms with Crippen molar-refractivity contribution in [2.24, 2.45) is 0 Å². The Labute approximate surface area is 136 Å². The summed E-state index contributed by atoms with van der Waals surface area (Å²) in [6, 6.07) is 7.36. The number of aromatic amines is 1. The van der Waals surface area contributed by atoms with Crippen LogP contribution in [0.2, 0.25) is 5.02 Å². The average Bonchev–Trinajstić information content (AvgIpc) is 3.20. The molecule has 1 aromatic carbocycles. The minimum Gasteiger partial charge on any atom is -0.507 e. The first-order chi connectivity index (χ1) is 11.1. The van der Waals surface area contributed by atoms with Crippen molar-refractivity contribution in [2.75, 3.05) is 0 Å². The number of halogens is 1. The summed E-state index contributed by atoms with van der Waals surface area (Å²) in [6.07, 6.45) is 5.77. The van der Waals surface area contributed by atoms with Gasteiger partial charge in [0.25, 0.3) is 0 Å².